The van der Waals surface area contributed by atoms with Gasteiger partial charge in [0.25, 0.3) is 0 Å². The number of methoxy groups -OCH3 is 2. The Kier molecular flexibility index (Phi) is 5.92. The molecule has 0 aliphatic carbocycles. The van der Waals surface area contributed by atoms with Crippen LogP contribution < -0.4 is 4.74 Å². The maximum atomic E-state index is 12.8. The quantitative estimate of drug-likeness (QED) is 0.674. The predicted octanol–water partition coefficient (Wildman–Crippen LogP) is 4.15. The van der Waals surface area contributed by atoms with Crippen LogP contribution in [0.1, 0.15) is 33.2 Å². The lowest BCUT2D eigenvalue weighted by atomic mass is 9.99. The van der Waals surface area contributed by atoms with Gasteiger partial charge in [-0.3, -0.25) is 0 Å². The maximum absolute atomic E-state index is 12.8. The number of sulfone groups is 1. The van der Waals surface area contributed by atoms with Crippen molar-refractivity contribution < 1.29 is 22.7 Å². The fourth-order valence-electron chi connectivity index (χ4n) is 3.06. The SMILES string of the molecule is COC(=O)c1c(CS(=O)(=O)c2ccccc2)ccc(C2CC=CS2)c1OC. The minimum Gasteiger partial charge on any atom is -0.496 e. The molecule has 5 nitrogen and oxygen atoms in total. The highest BCUT2D eigenvalue weighted by molar-refractivity contribution is 8.02. The van der Waals surface area contributed by atoms with Gasteiger partial charge in [0.05, 0.1) is 24.9 Å². The molecule has 1 unspecified atom stereocenters. The average Bonchev–Trinajstić information content (AvgIpc) is 3.22. The van der Waals surface area contributed by atoms with E-state index >= 15 is 0 Å². The topological polar surface area (TPSA) is 69.7 Å². The van der Waals surface area contributed by atoms with E-state index in [-0.39, 0.29) is 21.5 Å². The lowest BCUT2D eigenvalue weighted by Crippen LogP contribution is -2.14. The van der Waals surface area contributed by atoms with Gasteiger partial charge in [-0.1, -0.05) is 36.4 Å². The minimum absolute atomic E-state index is 0.128. The zero-order chi connectivity index (χ0) is 19.4. The van der Waals surface area contributed by atoms with E-state index in [9.17, 15) is 13.2 Å². The largest absolute Gasteiger partial charge is 0.496 e. The summed E-state index contributed by atoms with van der Waals surface area (Å²) in [5, 5.41) is 2.14. The lowest BCUT2D eigenvalue weighted by molar-refractivity contribution is 0.0596. The van der Waals surface area contributed by atoms with Crippen LogP contribution in [0, 0.1) is 0 Å². The number of benzene rings is 2. The monoisotopic (exact) mass is 404 g/mol. The van der Waals surface area contributed by atoms with Gasteiger partial charge in [-0.05, 0) is 29.5 Å². The van der Waals surface area contributed by atoms with Crippen LogP contribution in [0.15, 0.2) is 58.8 Å². The molecule has 0 amide bonds. The highest BCUT2D eigenvalue weighted by Gasteiger charge is 2.28. The zero-order valence-corrected chi connectivity index (χ0v) is 16.7. The van der Waals surface area contributed by atoms with Gasteiger partial charge in [-0.15, -0.1) is 11.8 Å². The van der Waals surface area contributed by atoms with Crippen molar-refractivity contribution in [2.75, 3.05) is 14.2 Å². The molecule has 2 aromatic rings. The second-order valence-electron chi connectivity index (χ2n) is 6.02. The van der Waals surface area contributed by atoms with Crippen LogP contribution in [0.5, 0.6) is 5.75 Å². The minimum atomic E-state index is -3.62. The van der Waals surface area contributed by atoms with Crippen molar-refractivity contribution >= 4 is 27.6 Å². The van der Waals surface area contributed by atoms with Crippen LogP contribution in [0.3, 0.4) is 0 Å². The summed E-state index contributed by atoms with van der Waals surface area (Å²) in [6.07, 6.45) is 2.88. The van der Waals surface area contributed by atoms with E-state index in [1.807, 2.05) is 11.5 Å². The Hall–Kier alpha value is -2.25. The predicted molar refractivity (Wildman–Crippen MR) is 106 cm³/mol. The van der Waals surface area contributed by atoms with Gasteiger partial charge < -0.3 is 9.47 Å². The molecule has 1 aliphatic heterocycles. The van der Waals surface area contributed by atoms with Crippen molar-refractivity contribution in [3.8, 4) is 5.75 Å². The molecule has 7 heteroatoms. The highest BCUT2D eigenvalue weighted by Crippen LogP contribution is 2.44. The van der Waals surface area contributed by atoms with E-state index in [1.165, 1.54) is 14.2 Å². The van der Waals surface area contributed by atoms with E-state index in [1.54, 1.807) is 48.2 Å². The summed E-state index contributed by atoms with van der Waals surface area (Å²) in [6, 6.07) is 11.7. The van der Waals surface area contributed by atoms with E-state index < -0.39 is 15.8 Å². The van der Waals surface area contributed by atoms with Gasteiger partial charge in [0.15, 0.2) is 9.84 Å². The van der Waals surface area contributed by atoms with Crippen LogP contribution in [0.25, 0.3) is 0 Å². The van der Waals surface area contributed by atoms with Crippen LogP contribution in [0.2, 0.25) is 0 Å². The summed E-state index contributed by atoms with van der Waals surface area (Å²) in [6.45, 7) is 0. The third kappa shape index (κ3) is 4.04. The van der Waals surface area contributed by atoms with E-state index in [2.05, 4.69) is 6.08 Å². The van der Waals surface area contributed by atoms with Crippen molar-refractivity contribution in [2.45, 2.75) is 22.3 Å². The summed E-state index contributed by atoms with van der Waals surface area (Å²) < 4.78 is 36.1. The molecule has 0 aromatic heterocycles. The Balaban J connectivity index is 2.08. The first-order chi connectivity index (χ1) is 13.0. The molecule has 1 heterocycles. The molecular formula is C20H20O5S2. The summed E-state index contributed by atoms with van der Waals surface area (Å²) >= 11 is 1.64. The fraction of sp³-hybridized carbons (Fsp3) is 0.250. The normalized spacial score (nSPS) is 16.3. The first kappa shape index (κ1) is 19.5. The van der Waals surface area contributed by atoms with E-state index in [4.69, 9.17) is 9.47 Å². The van der Waals surface area contributed by atoms with Crippen molar-refractivity contribution in [3.63, 3.8) is 0 Å². The Morgan fingerprint density at radius 2 is 1.89 bits per heavy atom. The molecule has 0 fully saturated rings. The smallest absolute Gasteiger partial charge is 0.341 e. The van der Waals surface area contributed by atoms with Gasteiger partial charge in [-0.2, -0.15) is 0 Å². The molecule has 2 aromatic carbocycles. The van der Waals surface area contributed by atoms with Crippen LogP contribution in [-0.4, -0.2) is 28.6 Å². The van der Waals surface area contributed by atoms with Crippen molar-refractivity contribution in [1.82, 2.24) is 0 Å². The summed E-state index contributed by atoms with van der Waals surface area (Å²) in [5.74, 6) is -0.541. The molecule has 0 N–H and O–H groups in total. The molecule has 3 rings (SSSR count). The average molecular weight is 405 g/mol. The molecule has 0 saturated heterocycles. The third-order valence-electron chi connectivity index (χ3n) is 4.35. The van der Waals surface area contributed by atoms with Crippen LogP contribution in [0.4, 0.5) is 0 Å². The summed E-state index contributed by atoms with van der Waals surface area (Å²) in [4.78, 5) is 12.7. The molecule has 27 heavy (non-hydrogen) atoms. The number of esters is 1. The van der Waals surface area contributed by atoms with Crippen molar-refractivity contribution in [1.29, 1.82) is 0 Å². The number of hydrogen-bond donors (Lipinski definition) is 0. The maximum Gasteiger partial charge on any atom is 0.341 e. The van der Waals surface area contributed by atoms with E-state index in [0.717, 1.165) is 12.0 Å². The Morgan fingerprint density at radius 1 is 1.15 bits per heavy atom. The Bertz CT molecular complexity index is 957. The van der Waals surface area contributed by atoms with Crippen molar-refractivity contribution in [2.24, 2.45) is 0 Å². The van der Waals surface area contributed by atoms with Gasteiger partial charge in [0, 0.05) is 10.8 Å². The Labute approximate surface area is 163 Å². The molecule has 0 spiro atoms. The van der Waals surface area contributed by atoms with Gasteiger partial charge >= 0.3 is 5.97 Å². The standard InChI is InChI=1S/C20H20O5S2/c1-24-19-16(17-9-6-12-26-17)11-10-14(18(19)20(21)25-2)13-27(22,23)15-7-4-3-5-8-15/h3-8,10-12,17H,9,13H2,1-2H3. The molecular weight excluding hydrogens is 384 g/mol. The molecule has 0 radical (unpaired) electrons. The zero-order valence-electron chi connectivity index (χ0n) is 15.0. The summed E-state index contributed by atoms with van der Waals surface area (Å²) in [5.41, 5.74) is 1.39. The van der Waals surface area contributed by atoms with Gasteiger partial charge in [-0.25, -0.2) is 13.2 Å². The van der Waals surface area contributed by atoms with Gasteiger partial charge in [0.1, 0.15) is 11.3 Å². The first-order valence-electron chi connectivity index (χ1n) is 8.34. The number of allylic oxidation sites excluding steroid dienone is 1. The number of rotatable bonds is 6. The van der Waals surface area contributed by atoms with Crippen LogP contribution >= 0.6 is 11.8 Å². The fourth-order valence-corrected chi connectivity index (χ4v) is 5.42. The summed E-state index contributed by atoms with van der Waals surface area (Å²) in [7, 11) is -0.862. The molecule has 1 aliphatic rings. The number of hydrogen-bond acceptors (Lipinski definition) is 6. The van der Waals surface area contributed by atoms with E-state index in [0.29, 0.717) is 11.3 Å². The Morgan fingerprint density at radius 3 is 2.48 bits per heavy atom. The number of thioether (sulfide) groups is 1. The molecule has 142 valence electrons. The molecule has 0 saturated carbocycles. The van der Waals surface area contributed by atoms with Crippen LogP contribution in [-0.2, 0) is 20.3 Å². The first-order valence-corrected chi connectivity index (χ1v) is 10.9. The molecule has 0 bridgehead atoms. The second kappa shape index (κ2) is 8.19. The molecule has 1 atom stereocenters. The number of carbonyl (C=O) groups excluding carboxylic acids is 1. The van der Waals surface area contributed by atoms with Crippen molar-refractivity contribution in [3.05, 3.63) is 70.6 Å². The van der Waals surface area contributed by atoms with Gasteiger partial charge in [0.2, 0.25) is 0 Å². The number of carbonyl (C=O) groups is 1. The lowest BCUT2D eigenvalue weighted by Gasteiger charge is -2.19. The third-order valence-corrected chi connectivity index (χ3v) is 7.16. The highest BCUT2D eigenvalue weighted by atomic mass is 32.2. The second-order valence-corrected chi connectivity index (χ2v) is 9.12. The number of ether oxygens (including phenoxy) is 2.